The van der Waals surface area contributed by atoms with Gasteiger partial charge >= 0.3 is 0 Å². The monoisotopic (exact) mass is 358 g/mol. The molecule has 0 aromatic carbocycles. The molecule has 1 aliphatic carbocycles. The van der Waals surface area contributed by atoms with Crippen LogP contribution in [-0.4, -0.2) is 34.4 Å². The molecule has 1 rings (SSSR count). The van der Waals surface area contributed by atoms with Crippen molar-refractivity contribution in [2.75, 3.05) is 14.2 Å². The summed E-state index contributed by atoms with van der Waals surface area (Å²) in [4.78, 5) is 0. The molecule has 0 bridgehead atoms. The predicted molar refractivity (Wildman–Crippen MR) is 105 cm³/mol. The second-order valence-electron chi connectivity index (χ2n) is 9.05. The molecule has 0 aromatic rings. The van der Waals surface area contributed by atoms with E-state index >= 15 is 0 Å². The van der Waals surface area contributed by atoms with Crippen LogP contribution >= 0.6 is 0 Å². The van der Waals surface area contributed by atoms with Crippen LogP contribution in [0, 0.1) is 11.8 Å². The van der Waals surface area contributed by atoms with Crippen LogP contribution in [0.2, 0.25) is 16.6 Å². The molecule has 4 heteroatoms. The topological polar surface area (TPSA) is 27.7 Å². The molecule has 3 unspecified atom stereocenters. The summed E-state index contributed by atoms with van der Waals surface area (Å²) < 4.78 is 18.8. The van der Waals surface area contributed by atoms with Gasteiger partial charge in [-0.3, -0.25) is 0 Å². The van der Waals surface area contributed by atoms with Gasteiger partial charge in [-0.05, 0) is 49.2 Å². The average Bonchev–Trinajstić information content (AvgIpc) is 2.97. The highest BCUT2D eigenvalue weighted by molar-refractivity contribution is 6.77. The van der Waals surface area contributed by atoms with Gasteiger partial charge in [-0.25, -0.2) is 0 Å². The fourth-order valence-corrected chi connectivity index (χ4v) is 10.7. The van der Waals surface area contributed by atoms with Gasteiger partial charge in [-0.15, -0.1) is 0 Å². The average molecular weight is 359 g/mol. The van der Waals surface area contributed by atoms with Crippen LogP contribution < -0.4 is 0 Å². The fourth-order valence-electron chi connectivity index (χ4n) is 5.25. The third-order valence-electron chi connectivity index (χ3n) is 6.60. The van der Waals surface area contributed by atoms with Crippen LogP contribution in [0.15, 0.2) is 0 Å². The van der Waals surface area contributed by atoms with Crippen LogP contribution in [0.3, 0.4) is 0 Å². The maximum Gasteiger partial charge on any atom is 0.203 e. The summed E-state index contributed by atoms with van der Waals surface area (Å²) in [6.45, 7) is 18.4. The fraction of sp³-hybridized carbons (Fsp3) is 1.00. The van der Waals surface area contributed by atoms with Crippen LogP contribution in [0.5, 0.6) is 0 Å². The lowest BCUT2D eigenvalue weighted by Crippen LogP contribution is -2.53. The SMILES string of the molecule is COC(O[Si](C(C)C)(C(C)C)C(C)C)C1CCCC1C(C)(C)OC. The van der Waals surface area contributed by atoms with Gasteiger partial charge in [0.2, 0.25) is 8.32 Å². The molecule has 1 fully saturated rings. The summed E-state index contributed by atoms with van der Waals surface area (Å²) in [6.07, 6.45) is 3.51. The van der Waals surface area contributed by atoms with E-state index in [0.29, 0.717) is 28.5 Å². The largest absolute Gasteiger partial charge is 0.391 e. The number of ether oxygens (including phenoxy) is 2. The maximum atomic E-state index is 6.99. The molecule has 0 saturated heterocycles. The minimum absolute atomic E-state index is 0.106. The first-order chi connectivity index (χ1) is 11.0. The van der Waals surface area contributed by atoms with Gasteiger partial charge in [-0.2, -0.15) is 0 Å². The van der Waals surface area contributed by atoms with E-state index in [4.69, 9.17) is 13.9 Å². The summed E-state index contributed by atoms with van der Waals surface area (Å²) in [7, 11) is 1.70. The smallest absolute Gasteiger partial charge is 0.203 e. The van der Waals surface area contributed by atoms with Crippen molar-refractivity contribution in [3.63, 3.8) is 0 Å². The van der Waals surface area contributed by atoms with Crippen LogP contribution in [0.25, 0.3) is 0 Å². The molecule has 0 N–H and O–H groups in total. The Labute approximate surface area is 152 Å². The number of hydrogen-bond acceptors (Lipinski definition) is 3. The zero-order valence-electron chi connectivity index (χ0n) is 17.8. The van der Waals surface area contributed by atoms with E-state index in [-0.39, 0.29) is 11.9 Å². The lowest BCUT2D eigenvalue weighted by molar-refractivity contribution is -0.141. The normalized spacial score (nSPS) is 24.4. The van der Waals surface area contributed by atoms with Crippen molar-refractivity contribution in [1.82, 2.24) is 0 Å². The Morgan fingerprint density at radius 1 is 0.875 bits per heavy atom. The van der Waals surface area contributed by atoms with Crippen molar-refractivity contribution in [2.24, 2.45) is 11.8 Å². The maximum absolute atomic E-state index is 6.99. The summed E-state index contributed by atoms with van der Waals surface area (Å²) in [5, 5.41) is 0. The quantitative estimate of drug-likeness (QED) is 0.374. The summed E-state index contributed by atoms with van der Waals surface area (Å²) >= 11 is 0. The van der Waals surface area contributed by atoms with E-state index in [9.17, 15) is 0 Å². The van der Waals surface area contributed by atoms with Crippen LogP contribution in [0.4, 0.5) is 0 Å². The second-order valence-corrected chi connectivity index (χ2v) is 14.5. The Balaban J connectivity index is 3.11. The van der Waals surface area contributed by atoms with Crippen molar-refractivity contribution < 1.29 is 13.9 Å². The molecule has 0 amide bonds. The molecule has 3 nitrogen and oxygen atoms in total. The van der Waals surface area contributed by atoms with E-state index in [1.165, 1.54) is 19.3 Å². The highest BCUT2D eigenvalue weighted by Crippen LogP contribution is 2.48. The van der Waals surface area contributed by atoms with Crippen molar-refractivity contribution >= 4 is 8.32 Å². The van der Waals surface area contributed by atoms with Crippen molar-refractivity contribution in [2.45, 2.75) is 103 Å². The molecule has 0 aliphatic heterocycles. The molecule has 0 radical (unpaired) electrons. The molecule has 1 saturated carbocycles. The molecule has 144 valence electrons. The standard InChI is InChI=1S/C20H42O3Si/c1-14(2)24(15(3)4,16(5)6)23-19(21-9)17-12-11-13-18(17)20(7,8)22-10/h14-19H,11-13H2,1-10H3. The van der Waals surface area contributed by atoms with Crippen molar-refractivity contribution in [3.8, 4) is 0 Å². The van der Waals surface area contributed by atoms with Gasteiger partial charge in [-0.1, -0.05) is 48.0 Å². The van der Waals surface area contributed by atoms with Gasteiger partial charge in [0.25, 0.3) is 0 Å². The summed E-state index contributed by atoms with van der Waals surface area (Å²) in [5.41, 5.74) is 1.60. The molecule has 24 heavy (non-hydrogen) atoms. The first-order valence-corrected chi connectivity index (χ1v) is 11.9. The Hall–Kier alpha value is 0.0969. The van der Waals surface area contributed by atoms with Gasteiger partial charge < -0.3 is 13.9 Å². The minimum atomic E-state index is -1.94. The van der Waals surface area contributed by atoms with E-state index in [1.807, 2.05) is 14.2 Å². The number of hydrogen-bond donors (Lipinski definition) is 0. The molecule has 0 aromatic heterocycles. The van der Waals surface area contributed by atoms with Crippen molar-refractivity contribution in [1.29, 1.82) is 0 Å². The first-order valence-electron chi connectivity index (χ1n) is 9.80. The lowest BCUT2D eigenvalue weighted by atomic mass is 9.82. The number of methoxy groups -OCH3 is 2. The molecule has 0 spiro atoms. The minimum Gasteiger partial charge on any atom is -0.391 e. The predicted octanol–water partition coefficient (Wildman–Crippen LogP) is 5.99. The third kappa shape index (κ3) is 4.25. The van der Waals surface area contributed by atoms with Gasteiger partial charge in [0, 0.05) is 20.1 Å². The summed E-state index contributed by atoms with van der Waals surface area (Å²) in [5.74, 6) is 0.915. The molecule has 1 aliphatic rings. The van der Waals surface area contributed by atoms with Crippen LogP contribution in [0.1, 0.15) is 74.7 Å². The Morgan fingerprint density at radius 3 is 1.75 bits per heavy atom. The van der Waals surface area contributed by atoms with Gasteiger partial charge in [0.15, 0.2) is 6.29 Å². The lowest BCUT2D eigenvalue weighted by Gasteiger charge is -2.47. The third-order valence-corrected chi connectivity index (χ3v) is 12.7. The summed E-state index contributed by atoms with van der Waals surface area (Å²) in [6, 6.07) is 0. The Bertz CT molecular complexity index is 357. The highest BCUT2D eigenvalue weighted by Gasteiger charge is 2.50. The number of rotatable bonds is 9. The van der Waals surface area contributed by atoms with Crippen LogP contribution in [-0.2, 0) is 13.9 Å². The van der Waals surface area contributed by atoms with Gasteiger partial charge in [0.1, 0.15) is 0 Å². The first kappa shape index (κ1) is 22.1. The van der Waals surface area contributed by atoms with E-state index < -0.39 is 8.32 Å². The molecule has 0 heterocycles. The molecule has 3 atom stereocenters. The Kier molecular flexibility index (Phi) is 7.98. The van der Waals surface area contributed by atoms with Gasteiger partial charge in [0.05, 0.1) is 5.60 Å². The van der Waals surface area contributed by atoms with Crippen molar-refractivity contribution in [3.05, 3.63) is 0 Å². The molecular formula is C20H42O3Si. The van der Waals surface area contributed by atoms with E-state index in [1.54, 1.807) is 0 Å². The van der Waals surface area contributed by atoms with E-state index in [0.717, 1.165) is 0 Å². The highest BCUT2D eigenvalue weighted by atomic mass is 28.4. The zero-order chi connectivity index (χ0) is 18.7. The zero-order valence-corrected chi connectivity index (χ0v) is 18.8. The Morgan fingerprint density at radius 2 is 1.38 bits per heavy atom. The second kappa shape index (κ2) is 8.66. The van der Waals surface area contributed by atoms with E-state index in [2.05, 4.69) is 55.4 Å². The molecular weight excluding hydrogens is 316 g/mol.